The van der Waals surface area contributed by atoms with Gasteiger partial charge in [-0.15, -0.1) is 0 Å². The Hall–Kier alpha value is -1.35. The molecule has 0 amide bonds. The molecule has 0 aromatic heterocycles. The fourth-order valence-electron chi connectivity index (χ4n) is 1.26. The summed E-state index contributed by atoms with van der Waals surface area (Å²) in [4.78, 5) is 5.83. The molecule has 3 nitrogen and oxygen atoms in total. The Morgan fingerprint density at radius 2 is 2.17 bits per heavy atom. The van der Waals surface area contributed by atoms with Crippen LogP contribution in [0.4, 0.5) is 5.69 Å². The minimum atomic E-state index is -0.557. The van der Waals surface area contributed by atoms with Gasteiger partial charge < -0.3 is 10.0 Å². The first kappa shape index (κ1) is 7.31. The molecule has 1 heterocycles. The van der Waals surface area contributed by atoms with Gasteiger partial charge in [-0.05, 0) is 6.07 Å². The Morgan fingerprint density at radius 3 is 3.00 bits per heavy atom. The van der Waals surface area contributed by atoms with Gasteiger partial charge in [0.1, 0.15) is 0 Å². The van der Waals surface area contributed by atoms with E-state index in [2.05, 4.69) is 4.99 Å². The smallest absolute Gasteiger partial charge is 0.155 e. The van der Waals surface area contributed by atoms with Crippen molar-refractivity contribution in [3.63, 3.8) is 0 Å². The summed E-state index contributed by atoms with van der Waals surface area (Å²) >= 11 is 0. The molecule has 1 atom stereocenters. The molecule has 0 radical (unpaired) electrons. The predicted molar refractivity (Wildman–Crippen MR) is 47.3 cm³/mol. The lowest BCUT2D eigenvalue weighted by atomic mass is 10.1. The summed E-state index contributed by atoms with van der Waals surface area (Å²) in [5.74, 6) is 0. The van der Waals surface area contributed by atoms with E-state index in [0.717, 1.165) is 11.3 Å². The van der Waals surface area contributed by atoms with E-state index in [1.54, 1.807) is 18.3 Å². The summed E-state index contributed by atoms with van der Waals surface area (Å²) in [6.45, 7) is 0. The van der Waals surface area contributed by atoms with E-state index >= 15 is 0 Å². The Bertz CT molecular complexity index is 322. The van der Waals surface area contributed by atoms with Crippen LogP contribution in [0, 0.1) is 0 Å². The minimum Gasteiger partial charge on any atom is -0.369 e. The Morgan fingerprint density at radius 1 is 1.42 bits per heavy atom. The number of fused-ring (bicyclic) bond motifs is 1. The van der Waals surface area contributed by atoms with Gasteiger partial charge in [-0.2, -0.15) is 0 Å². The third-order valence-corrected chi connectivity index (χ3v) is 1.98. The Kier molecular flexibility index (Phi) is 1.59. The summed E-state index contributed by atoms with van der Waals surface area (Å²) in [6.07, 6.45) is 1.08. The Labute approximate surface area is 71.0 Å². The van der Waals surface area contributed by atoms with E-state index < -0.39 is 6.23 Å². The molecule has 0 bridgehead atoms. The molecule has 1 aliphatic heterocycles. The van der Waals surface area contributed by atoms with Gasteiger partial charge in [0.2, 0.25) is 0 Å². The number of aliphatic imine (C=N–C) groups is 1. The van der Waals surface area contributed by atoms with Crippen molar-refractivity contribution in [2.45, 2.75) is 6.23 Å². The summed E-state index contributed by atoms with van der Waals surface area (Å²) in [5.41, 5.74) is 1.71. The van der Waals surface area contributed by atoms with Gasteiger partial charge in [-0.25, -0.2) is 4.99 Å². The second-order valence-electron chi connectivity index (χ2n) is 2.84. The van der Waals surface area contributed by atoms with Gasteiger partial charge in [0.15, 0.2) is 6.23 Å². The second kappa shape index (κ2) is 2.60. The van der Waals surface area contributed by atoms with Crippen molar-refractivity contribution in [1.29, 1.82) is 0 Å². The molecule has 0 saturated heterocycles. The van der Waals surface area contributed by atoms with Crippen LogP contribution in [0.25, 0.3) is 0 Å². The highest BCUT2D eigenvalue weighted by Gasteiger charge is 2.17. The topological polar surface area (TPSA) is 35.8 Å². The molecular formula is C9H10N2O. The number of benzene rings is 1. The summed E-state index contributed by atoms with van der Waals surface area (Å²) < 4.78 is 0. The van der Waals surface area contributed by atoms with E-state index in [-0.39, 0.29) is 0 Å². The van der Waals surface area contributed by atoms with Gasteiger partial charge in [0, 0.05) is 12.6 Å². The van der Waals surface area contributed by atoms with Crippen LogP contribution in [0.3, 0.4) is 0 Å². The van der Waals surface area contributed by atoms with Gasteiger partial charge in [-0.3, -0.25) is 0 Å². The van der Waals surface area contributed by atoms with Crippen LogP contribution >= 0.6 is 0 Å². The number of hydrogen-bond acceptors (Lipinski definition) is 3. The molecule has 1 aliphatic rings. The van der Waals surface area contributed by atoms with Crippen molar-refractivity contribution in [2.75, 3.05) is 7.05 Å². The number of aliphatic hydroxyl groups excluding tert-OH is 1. The monoisotopic (exact) mass is 162 g/mol. The first-order valence-electron chi connectivity index (χ1n) is 3.82. The highest BCUT2D eigenvalue weighted by molar-refractivity contribution is 5.67. The highest BCUT2D eigenvalue weighted by atomic mass is 16.3. The highest BCUT2D eigenvalue weighted by Crippen LogP contribution is 2.29. The van der Waals surface area contributed by atoms with Crippen LogP contribution in [0.2, 0.25) is 0 Å². The molecule has 1 aromatic carbocycles. The van der Waals surface area contributed by atoms with Crippen LogP contribution in [0.5, 0.6) is 0 Å². The van der Waals surface area contributed by atoms with E-state index in [1.807, 2.05) is 24.3 Å². The maximum absolute atomic E-state index is 9.66. The molecule has 1 unspecified atom stereocenters. The van der Waals surface area contributed by atoms with Gasteiger partial charge in [0.25, 0.3) is 0 Å². The SMILES string of the molecule is CN1C=Nc2ccccc2C1O. The standard InChI is InChI=1S/C9H10N2O/c1-11-6-10-8-5-3-2-4-7(8)9(11)12/h2-6,9,12H,1H3. The fraction of sp³-hybridized carbons (Fsp3) is 0.222. The van der Waals surface area contributed by atoms with E-state index in [1.165, 1.54) is 0 Å². The third kappa shape index (κ3) is 0.987. The van der Waals surface area contributed by atoms with Crippen molar-refractivity contribution in [3.8, 4) is 0 Å². The van der Waals surface area contributed by atoms with Gasteiger partial charge >= 0.3 is 0 Å². The van der Waals surface area contributed by atoms with Gasteiger partial charge in [-0.1, -0.05) is 18.2 Å². The van der Waals surface area contributed by atoms with Crippen molar-refractivity contribution in [2.24, 2.45) is 4.99 Å². The van der Waals surface area contributed by atoms with E-state index in [4.69, 9.17) is 0 Å². The van der Waals surface area contributed by atoms with Crippen LogP contribution < -0.4 is 0 Å². The van der Waals surface area contributed by atoms with Crippen LogP contribution in [0.1, 0.15) is 11.8 Å². The van der Waals surface area contributed by atoms with Crippen molar-refractivity contribution < 1.29 is 5.11 Å². The molecule has 62 valence electrons. The average Bonchev–Trinajstić information content (AvgIpc) is 2.12. The lowest BCUT2D eigenvalue weighted by molar-refractivity contribution is 0.0710. The Balaban J connectivity index is 2.52. The average molecular weight is 162 g/mol. The predicted octanol–water partition coefficient (Wildman–Crippen LogP) is 1.28. The largest absolute Gasteiger partial charge is 0.369 e. The molecular weight excluding hydrogens is 152 g/mol. The summed E-state index contributed by atoms with van der Waals surface area (Å²) in [5, 5.41) is 9.66. The maximum Gasteiger partial charge on any atom is 0.155 e. The second-order valence-corrected chi connectivity index (χ2v) is 2.84. The number of nitrogens with zero attached hydrogens (tertiary/aromatic N) is 2. The molecule has 0 spiro atoms. The molecule has 0 saturated carbocycles. The fourth-order valence-corrected chi connectivity index (χ4v) is 1.26. The zero-order valence-corrected chi connectivity index (χ0v) is 6.81. The van der Waals surface area contributed by atoms with Crippen molar-refractivity contribution >= 4 is 12.0 Å². The van der Waals surface area contributed by atoms with E-state index in [9.17, 15) is 5.11 Å². The quantitative estimate of drug-likeness (QED) is 0.623. The van der Waals surface area contributed by atoms with E-state index in [0.29, 0.717) is 0 Å². The molecule has 1 N–H and O–H groups in total. The summed E-state index contributed by atoms with van der Waals surface area (Å²) in [6, 6.07) is 7.58. The lowest BCUT2D eigenvalue weighted by Gasteiger charge is -2.25. The normalized spacial score (nSPS) is 20.8. The number of para-hydroxylation sites is 1. The molecule has 12 heavy (non-hydrogen) atoms. The molecule has 2 rings (SSSR count). The molecule has 3 heteroatoms. The zero-order valence-electron chi connectivity index (χ0n) is 6.81. The molecule has 0 fully saturated rings. The summed E-state index contributed by atoms with van der Waals surface area (Å²) in [7, 11) is 1.80. The first-order chi connectivity index (χ1) is 5.79. The van der Waals surface area contributed by atoms with Crippen molar-refractivity contribution in [1.82, 2.24) is 4.90 Å². The number of hydrogen-bond donors (Lipinski definition) is 1. The number of aliphatic hydroxyl groups is 1. The minimum absolute atomic E-state index is 0.557. The first-order valence-corrected chi connectivity index (χ1v) is 3.82. The molecule has 0 aliphatic carbocycles. The van der Waals surface area contributed by atoms with Crippen LogP contribution in [0.15, 0.2) is 29.3 Å². The number of rotatable bonds is 0. The zero-order chi connectivity index (χ0) is 8.55. The maximum atomic E-state index is 9.66. The third-order valence-electron chi connectivity index (χ3n) is 1.98. The van der Waals surface area contributed by atoms with Crippen LogP contribution in [-0.4, -0.2) is 23.4 Å². The van der Waals surface area contributed by atoms with Crippen LogP contribution in [-0.2, 0) is 0 Å². The lowest BCUT2D eigenvalue weighted by Crippen LogP contribution is -2.25. The van der Waals surface area contributed by atoms with Crippen molar-refractivity contribution in [3.05, 3.63) is 29.8 Å². The van der Waals surface area contributed by atoms with Gasteiger partial charge in [0.05, 0.1) is 12.0 Å². The molecule has 1 aromatic rings.